The number of carbonyl (C=O) groups excluding carboxylic acids is 1. The van der Waals surface area contributed by atoms with Crippen molar-refractivity contribution < 1.29 is 43.7 Å². The largest absolute Gasteiger partial charge is 0.512 e. The first-order valence-electron chi connectivity index (χ1n) is 2.01. The maximum atomic E-state index is 10.0. The van der Waals surface area contributed by atoms with Crippen LogP contribution in [0.25, 0.3) is 0 Å². The monoisotopic (exact) mass is 215 g/mol. The van der Waals surface area contributed by atoms with Gasteiger partial charge in [-0.25, -0.2) is 0 Å². The molecule has 0 aromatic carbocycles. The summed E-state index contributed by atoms with van der Waals surface area (Å²) in [4.78, 5) is 10.0. The maximum Gasteiger partial charge on any atom is 0.155 e. The molecule has 0 aliphatic heterocycles. The average molecular weight is 215 g/mol. The van der Waals surface area contributed by atoms with Crippen LogP contribution >= 0.6 is 0 Å². The minimum atomic E-state index is -0.125. The summed E-state index contributed by atoms with van der Waals surface area (Å²) in [5, 5.41) is 8.36. The molecule has 57 valence electrons. The minimum absolute atomic E-state index is 0. The third kappa shape index (κ3) is 17.8. The zero-order valence-electron chi connectivity index (χ0n) is 5.12. The number of aliphatic hydroxyl groups excluding tert-OH is 1. The van der Waals surface area contributed by atoms with Crippen LogP contribution in [0.2, 0.25) is 0 Å². The fourth-order valence-corrected chi connectivity index (χ4v) is 0.294. The summed E-state index contributed by atoms with van der Waals surface area (Å²) < 4.78 is 0. The van der Waals surface area contributed by atoms with Crippen molar-refractivity contribution in [1.82, 2.24) is 0 Å². The molecule has 0 spiro atoms. The maximum absolute atomic E-state index is 10.0. The Morgan fingerprint density at radius 2 is 1.78 bits per heavy atom. The molecule has 0 rings (SSSR count). The van der Waals surface area contributed by atoms with Crippen molar-refractivity contribution in [2.75, 3.05) is 0 Å². The summed E-state index contributed by atoms with van der Waals surface area (Å²) in [5.74, 6) is -0.0625. The molecule has 0 aromatic rings. The Hall–Kier alpha value is 0.236. The normalized spacial score (nSPS) is 8.89. The van der Waals surface area contributed by atoms with Crippen molar-refractivity contribution >= 4 is 5.78 Å². The Balaban J connectivity index is -0.000000180. The van der Waals surface area contributed by atoms with Gasteiger partial charge in [0.05, 0.1) is 5.76 Å². The van der Waals surface area contributed by atoms with Gasteiger partial charge in [0.1, 0.15) is 0 Å². The fourth-order valence-electron chi connectivity index (χ4n) is 0.294. The summed E-state index contributed by atoms with van der Waals surface area (Å²) in [6.45, 7) is 2.85. The first kappa shape index (κ1) is 16.1. The molecule has 0 saturated heterocycles. The minimum Gasteiger partial charge on any atom is -0.512 e. The molecule has 2 nitrogen and oxygen atoms in total. The van der Waals surface area contributed by atoms with E-state index in [4.69, 9.17) is 5.11 Å². The molecular formula is C5H8CoFeO2. The SMILES string of the molecule is CC(=O)/C=C(/C)O.[Co].[Fe]. The number of ketones is 1. The van der Waals surface area contributed by atoms with Crippen LogP contribution in [0.3, 0.4) is 0 Å². The molecule has 0 amide bonds. The first-order valence-corrected chi connectivity index (χ1v) is 2.01. The van der Waals surface area contributed by atoms with Crippen LogP contribution in [0.1, 0.15) is 13.8 Å². The zero-order chi connectivity index (χ0) is 5.86. The van der Waals surface area contributed by atoms with Crippen molar-refractivity contribution in [3.8, 4) is 0 Å². The number of carbonyl (C=O) groups is 1. The average Bonchev–Trinajstić information content (AvgIpc) is 1.27. The molecule has 0 aromatic heterocycles. The first-order chi connectivity index (χ1) is 3.13. The molecular weight excluding hydrogens is 207 g/mol. The van der Waals surface area contributed by atoms with E-state index in [0.29, 0.717) is 0 Å². The second kappa shape index (κ2) is 8.24. The summed E-state index contributed by atoms with van der Waals surface area (Å²) in [7, 11) is 0. The van der Waals surface area contributed by atoms with Crippen LogP contribution < -0.4 is 0 Å². The molecule has 0 unspecified atom stereocenters. The van der Waals surface area contributed by atoms with Crippen LogP contribution in [0.5, 0.6) is 0 Å². The van der Waals surface area contributed by atoms with Gasteiger partial charge in [0.15, 0.2) is 5.78 Å². The number of allylic oxidation sites excluding steroid dienone is 2. The molecule has 0 fully saturated rings. The van der Waals surface area contributed by atoms with Crippen LogP contribution in [-0.2, 0) is 38.6 Å². The topological polar surface area (TPSA) is 37.3 Å². The Morgan fingerprint density at radius 1 is 1.44 bits per heavy atom. The van der Waals surface area contributed by atoms with Crippen molar-refractivity contribution in [3.63, 3.8) is 0 Å². The van der Waals surface area contributed by atoms with Gasteiger partial charge in [0.2, 0.25) is 0 Å². The summed E-state index contributed by atoms with van der Waals surface area (Å²) >= 11 is 0. The molecule has 1 radical (unpaired) electrons. The smallest absolute Gasteiger partial charge is 0.155 e. The standard InChI is InChI=1S/C5H8O2.Co.Fe/c1-4(6)3-5(2)7;;/h3,6H,1-2H3;;/b4-3-;;. The molecule has 0 bridgehead atoms. The summed E-state index contributed by atoms with van der Waals surface area (Å²) in [6.07, 6.45) is 1.17. The quantitative estimate of drug-likeness (QED) is 0.403. The van der Waals surface area contributed by atoms with E-state index in [1.165, 1.54) is 19.9 Å². The van der Waals surface area contributed by atoms with Crippen molar-refractivity contribution in [1.29, 1.82) is 0 Å². The number of hydrogen-bond acceptors (Lipinski definition) is 2. The second-order valence-corrected chi connectivity index (χ2v) is 1.40. The van der Waals surface area contributed by atoms with E-state index in [2.05, 4.69) is 0 Å². The van der Waals surface area contributed by atoms with Crippen LogP contribution in [-0.4, -0.2) is 10.9 Å². The van der Waals surface area contributed by atoms with Gasteiger partial charge in [-0.05, 0) is 13.8 Å². The predicted octanol–water partition coefficient (Wildman–Crippen LogP) is 1.03. The van der Waals surface area contributed by atoms with Crippen molar-refractivity contribution in [2.24, 2.45) is 0 Å². The Morgan fingerprint density at radius 3 is 1.78 bits per heavy atom. The van der Waals surface area contributed by atoms with E-state index in [9.17, 15) is 4.79 Å². The summed E-state index contributed by atoms with van der Waals surface area (Å²) in [6, 6.07) is 0. The van der Waals surface area contributed by atoms with Crippen molar-refractivity contribution in [3.05, 3.63) is 11.8 Å². The van der Waals surface area contributed by atoms with E-state index >= 15 is 0 Å². The zero-order valence-corrected chi connectivity index (χ0v) is 7.26. The fraction of sp³-hybridized carbons (Fsp3) is 0.400. The van der Waals surface area contributed by atoms with E-state index in [0.717, 1.165) is 0 Å². The van der Waals surface area contributed by atoms with Gasteiger partial charge in [0, 0.05) is 39.9 Å². The Bertz CT molecular complexity index is 108. The third-order valence-corrected chi connectivity index (χ3v) is 0.412. The van der Waals surface area contributed by atoms with Gasteiger partial charge >= 0.3 is 0 Å². The van der Waals surface area contributed by atoms with Gasteiger partial charge < -0.3 is 5.11 Å². The van der Waals surface area contributed by atoms with Crippen LogP contribution in [0.15, 0.2) is 11.8 Å². The Labute approximate surface area is 75.4 Å². The molecule has 0 saturated carbocycles. The molecule has 0 heterocycles. The molecule has 4 heteroatoms. The van der Waals surface area contributed by atoms with Gasteiger partial charge in [-0.3, -0.25) is 4.79 Å². The molecule has 0 aliphatic carbocycles. The van der Waals surface area contributed by atoms with Gasteiger partial charge in [-0.1, -0.05) is 0 Å². The van der Waals surface area contributed by atoms with E-state index < -0.39 is 0 Å². The Kier molecular flexibility index (Phi) is 14.7. The van der Waals surface area contributed by atoms with Gasteiger partial charge in [0.25, 0.3) is 0 Å². The molecule has 9 heavy (non-hydrogen) atoms. The number of hydrogen-bond donors (Lipinski definition) is 1. The van der Waals surface area contributed by atoms with Crippen LogP contribution in [0, 0.1) is 0 Å². The predicted molar refractivity (Wildman–Crippen MR) is 27.1 cm³/mol. The molecule has 0 aliphatic rings. The molecule has 1 N–H and O–H groups in total. The summed E-state index contributed by atoms with van der Waals surface area (Å²) in [5.41, 5.74) is 0. The number of aliphatic hydroxyl groups is 1. The van der Waals surface area contributed by atoms with E-state index in [1.807, 2.05) is 0 Å². The number of rotatable bonds is 1. The second-order valence-electron chi connectivity index (χ2n) is 1.40. The molecule has 0 atom stereocenters. The van der Waals surface area contributed by atoms with Gasteiger partial charge in [-0.15, -0.1) is 0 Å². The van der Waals surface area contributed by atoms with E-state index in [-0.39, 0.29) is 45.4 Å². The third-order valence-electron chi connectivity index (χ3n) is 0.412. The van der Waals surface area contributed by atoms with Crippen LogP contribution in [0.4, 0.5) is 0 Å². The van der Waals surface area contributed by atoms with Crippen molar-refractivity contribution in [2.45, 2.75) is 13.8 Å². The van der Waals surface area contributed by atoms with E-state index in [1.54, 1.807) is 0 Å². The van der Waals surface area contributed by atoms with Gasteiger partial charge in [-0.2, -0.15) is 0 Å².